The van der Waals surface area contributed by atoms with Gasteiger partial charge in [-0.05, 0) is 62.8 Å². The monoisotopic (exact) mass is 621 g/mol. The lowest BCUT2D eigenvalue weighted by molar-refractivity contribution is 0.478. The standard InChI is InChI=1S/C25H31N7O3S.ClH.4H3N.4H2/c33-22-18-19(12-13-21(22)30-36(34,35)20-10-4-1-5-11-20)26-23-27-24(31-14-6-2-7-15-31)29-25(28-23)32-16-8-3-9-17-32;;;;;;;;;/h1,4-5,10-13,18,30,33H,2-3,6-9,14-17H2,(H,26,27,28,29);1H;4*1H3;4*1H. The summed E-state index contributed by atoms with van der Waals surface area (Å²) in [5.74, 6) is 1.50. The third-order valence-electron chi connectivity index (χ3n) is 6.44. The van der Waals surface area contributed by atoms with Crippen molar-refractivity contribution in [3.63, 3.8) is 0 Å². The molecule has 5 rings (SSSR count). The minimum atomic E-state index is -3.82. The van der Waals surface area contributed by atoms with Crippen molar-refractivity contribution in [3.8, 4) is 5.75 Å². The predicted molar refractivity (Wildman–Crippen MR) is 176 cm³/mol. The molecule has 41 heavy (non-hydrogen) atoms. The Morgan fingerprint density at radius 1 is 0.732 bits per heavy atom. The van der Waals surface area contributed by atoms with Crippen LogP contribution in [0.25, 0.3) is 0 Å². The molecular formula is C25H52ClN11O3S. The van der Waals surface area contributed by atoms with Gasteiger partial charge in [0.2, 0.25) is 17.8 Å². The van der Waals surface area contributed by atoms with Gasteiger partial charge in [0.25, 0.3) is 10.0 Å². The molecule has 2 aliphatic rings. The summed E-state index contributed by atoms with van der Waals surface area (Å²) in [6.07, 6.45) is 6.88. The molecular weight excluding hydrogens is 570 g/mol. The van der Waals surface area contributed by atoms with E-state index < -0.39 is 10.0 Å². The molecule has 1 aromatic heterocycles. The summed E-state index contributed by atoms with van der Waals surface area (Å²) in [6.45, 7) is 3.67. The van der Waals surface area contributed by atoms with E-state index in [2.05, 4.69) is 29.8 Å². The molecule has 0 bridgehead atoms. The summed E-state index contributed by atoms with van der Waals surface area (Å²) in [5, 5.41) is 13.7. The maximum Gasteiger partial charge on any atom is 0.262 e. The number of anilines is 5. The Hall–Kier alpha value is -3.47. The number of sulfonamides is 1. The molecule has 0 atom stereocenters. The first kappa shape index (κ1) is 37.5. The first-order valence-electron chi connectivity index (χ1n) is 12.4. The summed E-state index contributed by atoms with van der Waals surface area (Å²) in [6, 6.07) is 12.7. The maximum absolute atomic E-state index is 12.6. The van der Waals surface area contributed by atoms with Crippen molar-refractivity contribution in [2.45, 2.75) is 43.4 Å². The molecule has 0 saturated carbocycles. The van der Waals surface area contributed by atoms with Gasteiger partial charge < -0.3 is 44.8 Å². The number of nitrogens with one attached hydrogen (secondary N) is 2. The molecule has 15 N–H and O–H groups in total. The first-order chi connectivity index (χ1) is 17.5. The summed E-state index contributed by atoms with van der Waals surface area (Å²) in [4.78, 5) is 18.6. The number of benzene rings is 2. The highest BCUT2D eigenvalue weighted by Gasteiger charge is 2.21. The Kier molecular flexibility index (Phi) is 15.3. The fourth-order valence-electron chi connectivity index (χ4n) is 4.51. The van der Waals surface area contributed by atoms with Crippen LogP contribution in [-0.2, 0) is 10.0 Å². The van der Waals surface area contributed by atoms with Crippen LogP contribution in [-0.4, -0.2) is 54.7 Å². The number of nitrogens with zero attached hydrogens (tertiary/aromatic N) is 5. The van der Waals surface area contributed by atoms with Crippen LogP contribution in [0.3, 0.4) is 0 Å². The number of halogens is 1. The summed E-state index contributed by atoms with van der Waals surface area (Å²) < 4.78 is 27.7. The molecule has 238 valence electrons. The molecule has 2 aliphatic heterocycles. The van der Waals surface area contributed by atoms with Crippen LogP contribution in [0.2, 0.25) is 0 Å². The number of aromatic hydroxyl groups is 1. The Morgan fingerprint density at radius 3 is 1.73 bits per heavy atom. The van der Waals surface area contributed by atoms with E-state index in [1.54, 1.807) is 24.3 Å². The molecule has 3 aromatic rings. The minimum Gasteiger partial charge on any atom is -0.506 e. The number of aromatic nitrogens is 3. The number of hydrogen-bond donors (Lipinski definition) is 7. The smallest absolute Gasteiger partial charge is 0.262 e. The molecule has 2 fully saturated rings. The Labute approximate surface area is 254 Å². The lowest BCUT2D eigenvalue weighted by atomic mass is 10.1. The molecule has 16 heteroatoms. The molecule has 0 radical (unpaired) electrons. The maximum atomic E-state index is 12.6. The average molecular weight is 622 g/mol. The highest BCUT2D eigenvalue weighted by Crippen LogP contribution is 2.31. The van der Waals surface area contributed by atoms with Crippen LogP contribution in [0.5, 0.6) is 5.75 Å². The second-order valence-corrected chi connectivity index (χ2v) is 10.8. The largest absolute Gasteiger partial charge is 0.506 e. The number of piperidine rings is 2. The molecule has 0 amide bonds. The quantitative estimate of drug-likeness (QED) is 0.146. The molecule has 0 aliphatic carbocycles. The zero-order valence-electron chi connectivity index (χ0n) is 23.3. The molecule has 2 saturated heterocycles. The fourth-order valence-corrected chi connectivity index (χ4v) is 5.60. The molecule has 0 unspecified atom stereocenters. The van der Waals surface area contributed by atoms with Crippen molar-refractivity contribution in [1.82, 2.24) is 39.6 Å². The third-order valence-corrected chi connectivity index (χ3v) is 7.82. The van der Waals surface area contributed by atoms with Crippen LogP contribution < -0.4 is 44.4 Å². The lowest BCUT2D eigenvalue weighted by Crippen LogP contribution is -2.34. The van der Waals surface area contributed by atoms with Crippen LogP contribution >= 0.6 is 12.4 Å². The van der Waals surface area contributed by atoms with Crippen molar-refractivity contribution in [2.75, 3.05) is 46.0 Å². The van der Waals surface area contributed by atoms with Gasteiger partial charge in [0.15, 0.2) is 0 Å². The van der Waals surface area contributed by atoms with Crippen molar-refractivity contribution in [2.24, 2.45) is 0 Å². The van der Waals surface area contributed by atoms with Crippen molar-refractivity contribution < 1.29 is 19.2 Å². The van der Waals surface area contributed by atoms with E-state index >= 15 is 0 Å². The van der Waals surface area contributed by atoms with E-state index in [-0.39, 0.29) is 59.0 Å². The van der Waals surface area contributed by atoms with Gasteiger partial charge >= 0.3 is 0 Å². The summed E-state index contributed by atoms with van der Waals surface area (Å²) in [7, 11) is -3.82. The SMILES string of the molecule is Cl.N.N.N.N.O=S(=O)(Nc1ccc(Nc2nc(N3CCCCC3)nc(N3CCCCC3)n2)cc1O)c1ccccc1.[HH].[HH].[HH].[HH]. The van der Waals surface area contributed by atoms with E-state index in [1.165, 1.54) is 37.1 Å². The van der Waals surface area contributed by atoms with Crippen molar-refractivity contribution >= 4 is 51.7 Å². The van der Waals surface area contributed by atoms with Gasteiger partial charge in [0, 0.05) is 43.6 Å². The van der Waals surface area contributed by atoms with Gasteiger partial charge in [-0.25, -0.2) is 8.42 Å². The van der Waals surface area contributed by atoms with E-state index in [0.29, 0.717) is 23.5 Å². The first-order valence-corrected chi connectivity index (χ1v) is 13.9. The van der Waals surface area contributed by atoms with Gasteiger partial charge in [0.1, 0.15) is 5.75 Å². The topological polar surface area (TPSA) is 264 Å². The van der Waals surface area contributed by atoms with Crippen LogP contribution in [0.4, 0.5) is 29.2 Å². The van der Waals surface area contributed by atoms with E-state index in [9.17, 15) is 13.5 Å². The second kappa shape index (κ2) is 16.7. The molecule has 0 spiro atoms. The van der Waals surface area contributed by atoms with E-state index in [1.807, 2.05) is 0 Å². The van der Waals surface area contributed by atoms with Gasteiger partial charge in [-0.3, -0.25) is 4.72 Å². The lowest BCUT2D eigenvalue weighted by Gasteiger charge is -2.30. The second-order valence-electron chi connectivity index (χ2n) is 9.13. The van der Waals surface area contributed by atoms with Crippen LogP contribution in [0, 0.1) is 0 Å². The number of phenols is 1. The van der Waals surface area contributed by atoms with Crippen LogP contribution in [0.1, 0.15) is 44.2 Å². The number of hydrogen-bond acceptors (Lipinski definition) is 13. The van der Waals surface area contributed by atoms with Gasteiger partial charge in [0.05, 0.1) is 10.6 Å². The minimum absolute atomic E-state index is 0. The highest BCUT2D eigenvalue weighted by atomic mass is 35.5. The molecule has 2 aromatic carbocycles. The van der Waals surface area contributed by atoms with Crippen molar-refractivity contribution in [1.29, 1.82) is 0 Å². The highest BCUT2D eigenvalue weighted by molar-refractivity contribution is 7.92. The number of rotatable bonds is 7. The number of phenolic OH excluding ortho intramolecular Hbond substituents is 1. The van der Waals surface area contributed by atoms with Gasteiger partial charge in [-0.2, -0.15) is 15.0 Å². The van der Waals surface area contributed by atoms with Crippen LogP contribution in [0.15, 0.2) is 53.4 Å². The van der Waals surface area contributed by atoms with Gasteiger partial charge in [-0.1, -0.05) is 18.2 Å². The summed E-state index contributed by atoms with van der Waals surface area (Å²) >= 11 is 0. The van der Waals surface area contributed by atoms with Crippen molar-refractivity contribution in [3.05, 3.63) is 48.5 Å². The molecule has 14 nitrogen and oxygen atoms in total. The zero-order valence-corrected chi connectivity index (χ0v) is 25.0. The third kappa shape index (κ3) is 9.27. The van der Waals surface area contributed by atoms with E-state index in [0.717, 1.165) is 51.9 Å². The predicted octanol–water partition coefficient (Wildman–Crippen LogP) is 6.16. The normalized spacial score (nSPS) is 14.5. The Balaban J connectivity index is -0.000000593. The van der Waals surface area contributed by atoms with Gasteiger partial charge in [-0.15, -0.1) is 12.4 Å². The zero-order chi connectivity index (χ0) is 25.0. The molecule has 3 heterocycles. The summed E-state index contributed by atoms with van der Waals surface area (Å²) in [5.41, 5.74) is 0.624. The Bertz CT molecular complexity index is 1290. The average Bonchev–Trinajstić information content (AvgIpc) is 2.91. The van der Waals surface area contributed by atoms with E-state index in [4.69, 9.17) is 4.98 Å². The Morgan fingerprint density at radius 2 is 1.24 bits per heavy atom. The fraction of sp³-hybridized carbons (Fsp3) is 0.400.